The van der Waals surface area contributed by atoms with E-state index in [9.17, 15) is 4.39 Å². The Morgan fingerprint density at radius 1 is 1.08 bits per heavy atom. The Balaban J connectivity index is 1.47. The third-order valence-corrected chi connectivity index (χ3v) is 4.03. The van der Waals surface area contributed by atoms with E-state index in [4.69, 9.17) is 0 Å². The van der Waals surface area contributed by atoms with E-state index in [0.717, 1.165) is 11.3 Å². The molecule has 0 amide bonds. The molecule has 1 heterocycles. The molecule has 0 bridgehead atoms. The van der Waals surface area contributed by atoms with Crippen LogP contribution in [-0.4, -0.2) is 29.3 Å². The van der Waals surface area contributed by atoms with Gasteiger partial charge in [-0.3, -0.25) is 4.99 Å². The second-order valence-electron chi connectivity index (χ2n) is 5.81. The minimum absolute atomic E-state index is 0.172. The Morgan fingerprint density at radius 2 is 1.88 bits per heavy atom. The van der Waals surface area contributed by atoms with Crippen molar-refractivity contribution < 1.29 is 4.39 Å². The van der Waals surface area contributed by atoms with Crippen molar-refractivity contribution in [3.63, 3.8) is 0 Å². The number of guanidine groups is 1. The number of nitrogens with zero attached hydrogens (tertiary/aromatic N) is 3. The lowest BCUT2D eigenvalue weighted by Crippen LogP contribution is -2.37. The summed E-state index contributed by atoms with van der Waals surface area (Å²) in [6.45, 7) is 1.26. The third-order valence-electron chi connectivity index (χ3n) is 4.03. The molecule has 0 unspecified atom stereocenters. The predicted octanol–water partition coefficient (Wildman–Crippen LogP) is 2.92. The summed E-state index contributed by atoms with van der Waals surface area (Å²) in [5, 5.41) is 10.7. The number of nitrogens with one attached hydrogen (secondary N) is 2. The zero-order valence-electron chi connectivity index (χ0n) is 14.7. The molecule has 6 heteroatoms. The van der Waals surface area contributed by atoms with Crippen LogP contribution in [0.3, 0.4) is 0 Å². The van der Waals surface area contributed by atoms with Crippen LogP contribution in [0.1, 0.15) is 11.1 Å². The minimum atomic E-state index is -0.172. The van der Waals surface area contributed by atoms with Gasteiger partial charge in [0.15, 0.2) is 5.96 Å². The molecule has 0 fully saturated rings. The summed E-state index contributed by atoms with van der Waals surface area (Å²) in [4.78, 5) is 4.20. The lowest BCUT2D eigenvalue weighted by molar-refractivity contribution is 0.606. The van der Waals surface area contributed by atoms with Crippen LogP contribution >= 0.6 is 0 Å². The number of hydrogen-bond acceptors (Lipinski definition) is 2. The molecule has 1 aromatic heterocycles. The molecule has 2 N–H and O–H groups in total. The van der Waals surface area contributed by atoms with E-state index in [1.54, 1.807) is 25.4 Å². The fourth-order valence-corrected chi connectivity index (χ4v) is 2.61. The van der Waals surface area contributed by atoms with Gasteiger partial charge in [0, 0.05) is 32.5 Å². The Labute approximate surface area is 152 Å². The highest BCUT2D eigenvalue weighted by Gasteiger charge is 2.03. The quantitative estimate of drug-likeness (QED) is 0.530. The number of halogens is 1. The molecule has 5 nitrogen and oxygen atoms in total. The molecule has 0 aliphatic carbocycles. The van der Waals surface area contributed by atoms with Crippen molar-refractivity contribution in [1.82, 2.24) is 20.4 Å². The summed E-state index contributed by atoms with van der Waals surface area (Å²) in [6.07, 6.45) is 4.27. The summed E-state index contributed by atoms with van der Waals surface area (Å²) in [5.41, 5.74) is 2.86. The summed E-state index contributed by atoms with van der Waals surface area (Å²) < 4.78 is 15.4. The highest BCUT2D eigenvalue weighted by molar-refractivity contribution is 5.79. The maximum atomic E-state index is 13.6. The van der Waals surface area contributed by atoms with Crippen LogP contribution in [-0.2, 0) is 13.0 Å². The average molecular weight is 351 g/mol. The lowest BCUT2D eigenvalue weighted by Gasteiger charge is -2.12. The van der Waals surface area contributed by atoms with Crippen molar-refractivity contribution >= 4 is 5.96 Å². The fourth-order valence-electron chi connectivity index (χ4n) is 2.61. The molecule has 134 valence electrons. The van der Waals surface area contributed by atoms with Crippen molar-refractivity contribution in [2.45, 2.75) is 13.0 Å². The van der Waals surface area contributed by atoms with Gasteiger partial charge in [0.1, 0.15) is 5.82 Å². The first-order valence-electron chi connectivity index (χ1n) is 8.53. The SMILES string of the molecule is CN=C(NCCc1ccccc1F)NCc1ccc(-n2cccn2)cc1. The highest BCUT2D eigenvalue weighted by Crippen LogP contribution is 2.08. The Bertz CT molecular complexity index is 841. The van der Waals surface area contributed by atoms with Crippen molar-refractivity contribution in [2.75, 3.05) is 13.6 Å². The summed E-state index contributed by atoms with van der Waals surface area (Å²) in [6, 6.07) is 16.9. The summed E-state index contributed by atoms with van der Waals surface area (Å²) in [7, 11) is 1.72. The van der Waals surface area contributed by atoms with Crippen LogP contribution in [0.5, 0.6) is 0 Å². The van der Waals surface area contributed by atoms with Gasteiger partial charge >= 0.3 is 0 Å². The largest absolute Gasteiger partial charge is 0.356 e. The van der Waals surface area contributed by atoms with E-state index in [-0.39, 0.29) is 5.82 Å². The van der Waals surface area contributed by atoms with Gasteiger partial charge < -0.3 is 10.6 Å². The van der Waals surface area contributed by atoms with Gasteiger partial charge in [-0.25, -0.2) is 9.07 Å². The van der Waals surface area contributed by atoms with E-state index >= 15 is 0 Å². The molecule has 3 aromatic rings. The summed E-state index contributed by atoms with van der Waals surface area (Å²) in [5.74, 6) is 0.520. The second-order valence-corrected chi connectivity index (χ2v) is 5.81. The van der Waals surface area contributed by atoms with E-state index in [0.29, 0.717) is 31.0 Å². The van der Waals surface area contributed by atoms with Gasteiger partial charge in [-0.1, -0.05) is 30.3 Å². The average Bonchev–Trinajstić information content (AvgIpc) is 3.21. The van der Waals surface area contributed by atoms with Crippen LogP contribution < -0.4 is 10.6 Å². The van der Waals surface area contributed by atoms with Gasteiger partial charge in [-0.15, -0.1) is 0 Å². The minimum Gasteiger partial charge on any atom is -0.356 e. The zero-order chi connectivity index (χ0) is 18.2. The van der Waals surface area contributed by atoms with Gasteiger partial charge in [0.25, 0.3) is 0 Å². The topological polar surface area (TPSA) is 54.2 Å². The molecule has 0 aliphatic rings. The van der Waals surface area contributed by atoms with E-state index in [1.165, 1.54) is 6.07 Å². The molecule has 3 rings (SSSR count). The number of benzene rings is 2. The van der Waals surface area contributed by atoms with Gasteiger partial charge in [0.2, 0.25) is 0 Å². The number of aromatic nitrogens is 2. The molecule has 0 saturated heterocycles. The third kappa shape index (κ3) is 4.69. The maximum Gasteiger partial charge on any atom is 0.191 e. The molecule has 0 atom stereocenters. The predicted molar refractivity (Wildman–Crippen MR) is 102 cm³/mol. The van der Waals surface area contributed by atoms with Crippen molar-refractivity contribution in [3.8, 4) is 5.69 Å². The monoisotopic (exact) mass is 351 g/mol. The van der Waals surface area contributed by atoms with E-state index < -0.39 is 0 Å². The molecular formula is C20H22FN5. The number of aliphatic imine (C=N–C) groups is 1. The van der Waals surface area contributed by atoms with Crippen LogP contribution in [0.15, 0.2) is 72.0 Å². The van der Waals surface area contributed by atoms with Crippen LogP contribution in [0.2, 0.25) is 0 Å². The first kappa shape index (κ1) is 17.7. The first-order chi connectivity index (χ1) is 12.8. The number of hydrogen-bond donors (Lipinski definition) is 2. The van der Waals surface area contributed by atoms with Crippen molar-refractivity contribution in [2.24, 2.45) is 4.99 Å². The standard InChI is InChI=1S/C20H22FN5/c1-22-20(23-13-11-17-5-2-3-6-19(17)21)24-15-16-7-9-18(10-8-16)26-14-4-12-25-26/h2-10,12,14H,11,13,15H2,1H3,(H2,22,23,24). The molecule has 0 radical (unpaired) electrons. The first-order valence-corrected chi connectivity index (χ1v) is 8.53. The summed E-state index contributed by atoms with van der Waals surface area (Å²) >= 11 is 0. The molecule has 0 saturated carbocycles. The smallest absolute Gasteiger partial charge is 0.191 e. The zero-order valence-corrected chi connectivity index (χ0v) is 14.7. The maximum absolute atomic E-state index is 13.6. The molecular weight excluding hydrogens is 329 g/mol. The molecule has 0 spiro atoms. The van der Waals surface area contributed by atoms with Gasteiger partial charge in [-0.2, -0.15) is 5.10 Å². The van der Waals surface area contributed by atoms with E-state index in [1.807, 2.05) is 35.1 Å². The van der Waals surface area contributed by atoms with Crippen molar-refractivity contribution in [3.05, 3.63) is 83.9 Å². The van der Waals surface area contributed by atoms with Crippen LogP contribution in [0.25, 0.3) is 5.69 Å². The lowest BCUT2D eigenvalue weighted by atomic mass is 10.1. The van der Waals surface area contributed by atoms with Crippen molar-refractivity contribution in [1.29, 1.82) is 0 Å². The highest BCUT2D eigenvalue weighted by atomic mass is 19.1. The number of rotatable bonds is 6. The Morgan fingerprint density at radius 3 is 2.58 bits per heavy atom. The Hall–Kier alpha value is -3.15. The van der Waals surface area contributed by atoms with Crippen LogP contribution in [0.4, 0.5) is 4.39 Å². The Kier molecular flexibility index (Phi) is 5.98. The van der Waals surface area contributed by atoms with Gasteiger partial charge in [-0.05, 0) is 41.8 Å². The second kappa shape index (κ2) is 8.80. The molecule has 0 aliphatic heterocycles. The normalized spacial score (nSPS) is 11.4. The van der Waals surface area contributed by atoms with E-state index in [2.05, 4.69) is 32.9 Å². The fraction of sp³-hybridized carbons (Fsp3) is 0.200. The van der Waals surface area contributed by atoms with Gasteiger partial charge in [0.05, 0.1) is 5.69 Å². The van der Waals surface area contributed by atoms with Crippen LogP contribution in [0, 0.1) is 5.82 Å². The molecule has 2 aromatic carbocycles. The molecule has 26 heavy (non-hydrogen) atoms.